The number of rotatable bonds is 7. The van der Waals surface area contributed by atoms with Gasteiger partial charge in [-0.1, -0.05) is 214 Å². The zero-order valence-electron chi connectivity index (χ0n) is 47.1. The number of hydrogen-bond acceptors (Lipinski definition) is 1. The van der Waals surface area contributed by atoms with Gasteiger partial charge in [0.2, 0.25) is 0 Å². The number of aromatic nitrogens is 2. The summed E-state index contributed by atoms with van der Waals surface area (Å²) in [6, 6.07) is 111. The van der Waals surface area contributed by atoms with E-state index in [0.29, 0.717) is 0 Å². The van der Waals surface area contributed by atoms with Gasteiger partial charge in [0, 0.05) is 55.3 Å². The van der Waals surface area contributed by atoms with Gasteiger partial charge >= 0.3 is 0 Å². The third kappa shape index (κ3) is 6.66. The number of benzene rings is 13. The van der Waals surface area contributed by atoms with E-state index in [0.717, 1.165) is 39.6 Å². The van der Waals surface area contributed by atoms with E-state index in [-0.39, 0.29) is 5.41 Å². The summed E-state index contributed by atoms with van der Waals surface area (Å²) in [6.45, 7) is 4.75. The Morgan fingerprint density at radius 1 is 0.271 bits per heavy atom. The van der Waals surface area contributed by atoms with Gasteiger partial charge in [0.05, 0.1) is 33.2 Å². The zero-order chi connectivity index (χ0) is 56.1. The summed E-state index contributed by atoms with van der Waals surface area (Å²) in [6.07, 6.45) is 0. The van der Waals surface area contributed by atoms with Crippen molar-refractivity contribution in [1.29, 1.82) is 0 Å². The van der Waals surface area contributed by atoms with Gasteiger partial charge in [-0.25, -0.2) is 0 Å². The minimum absolute atomic E-state index is 0.111. The molecule has 3 aliphatic rings. The Bertz CT molecular complexity index is 5240. The van der Waals surface area contributed by atoms with Crippen LogP contribution in [0.4, 0.5) is 17.1 Å². The monoisotopic (exact) mass is 1080 g/mol. The van der Waals surface area contributed by atoms with Crippen molar-refractivity contribution in [2.75, 3.05) is 4.90 Å². The van der Waals surface area contributed by atoms with Crippen LogP contribution in [0.1, 0.15) is 47.2 Å². The molecule has 3 heteroatoms. The summed E-state index contributed by atoms with van der Waals surface area (Å²) in [5.74, 6) is 0. The van der Waals surface area contributed by atoms with E-state index in [9.17, 15) is 0 Å². The predicted octanol–water partition coefficient (Wildman–Crippen LogP) is 21.3. The summed E-state index contributed by atoms with van der Waals surface area (Å²) in [4.78, 5) is 2.54. The van der Waals surface area contributed by atoms with Gasteiger partial charge in [-0.3, -0.25) is 0 Å². The van der Waals surface area contributed by atoms with Crippen molar-refractivity contribution in [3.63, 3.8) is 0 Å². The van der Waals surface area contributed by atoms with Crippen LogP contribution in [0.25, 0.3) is 111 Å². The highest BCUT2D eigenvalue weighted by molar-refractivity contribution is 6.14. The first-order valence-corrected chi connectivity index (χ1v) is 29.7. The van der Waals surface area contributed by atoms with Crippen molar-refractivity contribution in [3.05, 3.63) is 331 Å². The molecule has 398 valence electrons. The number of anilines is 3. The van der Waals surface area contributed by atoms with Crippen LogP contribution in [0.3, 0.4) is 0 Å². The normalized spacial score (nSPS) is 13.7. The minimum atomic E-state index is -0.488. The molecule has 0 N–H and O–H groups in total. The molecule has 2 heterocycles. The molecule has 0 aliphatic heterocycles. The fraction of sp³-hybridized carbons (Fsp3) is 0.0488. The van der Waals surface area contributed by atoms with Gasteiger partial charge in [-0.15, -0.1) is 0 Å². The largest absolute Gasteiger partial charge is 0.310 e. The van der Waals surface area contributed by atoms with E-state index in [2.05, 4.69) is 325 Å². The molecule has 0 fully saturated rings. The molecule has 0 atom stereocenters. The lowest BCUT2D eigenvalue weighted by Crippen LogP contribution is -2.26. The molecule has 85 heavy (non-hydrogen) atoms. The van der Waals surface area contributed by atoms with Crippen LogP contribution in [0.2, 0.25) is 0 Å². The molecule has 3 aliphatic carbocycles. The summed E-state index contributed by atoms with van der Waals surface area (Å²) in [7, 11) is 0. The molecular weight excluding hydrogens is 1030 g/mol. The van der Waals surface area contributed by atoms with Gasteiger partial charge in [-0.05, 0) is 181 Å². The average Bonchev–Trinajstić information content (AvgIpc) is 1.55. The number of nitrogens with zero attached hydrogens (tertiary/aromatic N) is 3. The standard InChI is InChI=1S/C82H55N3/c1-81(2)69-35-14-9-32-62(69)65-50-68-66-48-55(42-44-76(66)85(79(68)51-74(65)81)57-27-7-4-8-28-57)53-23-19-22-52(46-53)54-24-20-29-58(47-54)83(59-43-45-77-67(49-59)63-33-13-18-40-75(63)84(77)56-25-5-3-6-26-56)78-41-21-39-73-80(78)64-34-12-17-38-72(64)82(73)70-36-15-10-30-60(70)61-31-11-16-37-71(61)82/h3-51H,1-2H3. The summed E-state index contributed by atoms with van der Waals surface area (Å²) in [5.41, 5.74) is 30.3. The first-order valence-electron chi connectivity index (χ1n) is 29.7. The Balaban J connectivity index is 0.825. The zero-order valence-corrected chi connectivity index (χ0v) is 47.1. The second-order valence-corrected chi connectivity index (χ2v) is 23.9. The van der Waals surface area contributed by atoms with Crippen molar-refractivity contribution in [2.45, 2.75) is 24.7 Å². The second-order valence-electron chi connectivity index (χ2n) is 23.9. The third-order valence-corrected chi connectivity index (χ3v) is 19.3. The van der Waals surface area contributed by atoms with E-state index in [4.69, 9.17) is 0 Å². The maximum Gasteiger partial charge on any atom is 0.0726 e. The van der Waals surface area contributed by atoms with Crippen molar-refractivity contribution < 1.29 is 0 Å². The van der Waals surface area contributed by atoms with E-state index in [1.807, 2.05) is 0 Å². The predicted molar refractivity (Wildman–Crippen MR) is 355 cm³/mol. The van der Waals surface area contributed by atoms with Crippen molar-refractivity contribution in [2.24, 2.45) is 0 Å². The molecule has 0 saturated carbocycles. The SMILES string of the molecule is CC1(C)c2ccccc2-c2cc3c4cc(-c5cccc(-c6cccc(N(c7ccc8c(c7)c7ccccc7n8-c7ccccc7)c7cccc8c7-c7ccccc7C87c8ccccc8-c8ccccc87)c6)c5)ccc4n(-c4ccccc4)c3cc21. The summed E-state index contributed by atoms with van der Waals surface area (Å²) in [5, 5.41) is 4.94. The van der Waals surface area contributed by atoms with E-state index < -0.39 is 5.41 Å². The van der Waals surface area contributed by atoms with Crippen LogP contribution < -0.4 is 4.90 Å². The van der Waals surface area contributed by atoms with E-state index in [1.54, 1.807) is 0 Å². The van der Waals surface area contributed by atoms with Gasteiger partial charge in [-0.2, -0.15) is 0 Å². The number of hydrogen-bond donors (Lipinski definition) is 0. The fourth-order valence-electron chi connectivity index (χ4n) is 15.6. The Hall–Kier alpha value is -10.7. The van der Waals surface area contributed by atoms with Gasteiger partial charge in [0.15, 0.2) is 0 Å². The van der Waals surface area contributed by atoms with Crippen LogP contribution in [0.5, 0.6) is 0 Å². The summed E-state index contributed by atoms with van der Waals surface area (Å²) >= 11 is 0. The molecule has 0 amide bonds. The fourth-order valence-corrected chi connectivity index (χ4v) is 15.6. The van der Waals surface area contributed by atoms with Crippen molar-refractivity contribution in [3.8, 4) is 67.0 Å². The van der Waals surface area contributed by atoms with E-state index in [1.165, 1.54) is 122 Å². The van der Waals surface area contributed by atoms with Crippen LogP contribution in [0.15, 0.2) is 297 Å². The highest BCUT2D eigenvalue weighted by Gasteiger charge is 2.52. The Morgan fingerprint density at radius 2 is 0.741 bits per heavy atom. The summed E-state index contributed by atoms with van der Waals surface area (Å²) < 4.78 is 4.87. The molecule has 1 spiro atoms. The molecule has 0 radical (unpaired) electrons. The van der Waals surface area contributed by atoms with Crippen LogP contribution in [-0.4, -0.2) is 9.13 Å². The molecular formula is C82H55N3. The molecule has 0 bridgehead atoms. The van der Waals surface area contributed by atoms with Gasteiger partial charge < -0.3 is 14.0 Å². The Kier molecular flexibility index (Phi) is 10.1. The van der Waals surface area contributed by atoms with Crippen LogP contribution in [0, 0.1) is 0 Å². The molecule has 3 nitrogen and oxygen atoms in total. The maximum atomic E-state index is 2.54. The number of fused-ring (bicyclic) bond motifs is 19. The maximum absolute atomic E-state index is 2.54. The van der Waals surface area contributed by atoms with Crippen molar-refractivity contribution in [1.82, 2.24) is 9.13 Å². The second kappa shape index (κ2) is 17.9. The number of para-hydroxylation sites is 3. The lowest BCUT2D eigenvalue weighted by molar-refractivity contribution is 0.661. The molecule has 2 aromatic heterocycles. The minimum Gasteiger partial charge on any atom is -0.310 e. The Morgan fingerprint density at radius 3 is 1.44 bits per heavy atom. The van der Waals surface area contributed by atoms with Crippen LogP contribution in [-0.2, 0) is 10.8 Å². The van der Waals surface area contributed by atoms with Crippen LogP contribution >= 0.6 is 0 Å². The Labute approximate surface area is 494 Å². The molecule has 0 saturated heterocycles. The molecule has 13 aromatic carbocycles. The molecule has 18 rings (SSSR count). The highest BCUT2D eigenvalue weighted by Crippen LogP contribution is 2.65. The third-order valence-electron chi connectivity index (χ3n) is 19.3. The lowest BCUT2D eigenvalue weighted by Gasteiger charge is -2.32. The highest BCUT2D eigenvalue weighted by atomic mass is 15.1. The smallest absolute Gasteiger partial charge is 0.0726 e. The molecule has 15 aromatic rings. The lowest BCUT2D eigenvalue weighted by atomic mass is 9.70. The topological polar surface area (TPSA) is 13.1 Å². The van der Waals surface area contributed by atoms with E-state index >= 15 is 0 Å². The first kappa shape index (κ1) is 47.9. The van der Waals surface area contributed by atoms with Crippen molar-refractivity contribution >= 4 is 60.7 Å². The molecule has 0 unspecified atom stereocenters. The first-order chi connectivity index (χ1) is 41.9. The van der Waals surface area contributed by atoms with Gasteiger partial charge in [0.1, 0.15) is 0 Å². The van der Waals surface area contributed by atoms with Gasteiger partial charge in [0.25, 0.3) is 0 Å². The average molecular weight is 1080 g/mol. The quantitative estimate of drug-likeness (QED) is 0.155.